The van der Waals surface area contributed by atoms with E-state index >= 15 is 0 Å². The first-order chi connectivity index (χ1) is 7.78. The first kappa shape index (κ1) is 12.4. The number of hydrogen-bond donors (Lipinski definition) is 0. The molecule has 0 unspecified atom stereocenters. The highest BCUT2D eigenvalue weighted by Crippen LogP contribution is 2.25. The van der Waals surface area contributed by atoms with Crippen LogP contribution in [0.15, 0.2) is 18.3 Å². The zero-order chi connectivity index (χ0) is 12.8. The van der Waals surface area contributed by atoms with E-state index in [2.05, 4.69) is 0 Å². The van der Waals surface area contributed by atoms with E-state index in [1.54, 1.807) is 23.9 Å². The highest BCUT2D eigenvalue weighted by Gasteiger charge is 2.13. The van der Waals surface area contributed by atoms with Crippen molar-refractivity contribution in [2.45, 2.75) is 12.7 Å². The number of nitrogens with zero attached hydrogens (tertiary/aromatic N) is 1. The summed E-state index contributed by atoms with van der Waals surface area (Å²) < 4.78 is 37.5. The molecule has 0 aliphatic heterocycles. The predicted octanol–water partition coefficient (Wildman–Crippen LogP) is 2.69. The zero-order valence-corrected chi connectivity index (χ0v) is 10.9. The molecule has 0 bridgehead atoms. The monoisotopic (exact) mass is 275 g/mol. The maximum atomic E-state index is 13.8. The molecule has 92 valence electrons. The largest absolute Gasteiger partial charge is 0.348 e. The van der Waals surface area contributed by atoms with Crippen LogP contribution in [0.4, 0.5) is 4.39 Å². The fourth-order valence-electron chi connectivity index (χ4n) is 2.02. The Morgan fingerprint density at radius 3 is 2.65 bits per heavy atom. The third kappa shape index (κ3) is 2.45. The summed E-state index contributed by atoms with van der Waals surface area (Å²) in [5, 5.41) is 0.711. The van der Waals surface area contributed by atoms with Gasteiger partial charge in [-0.2, -0.15) is 0 Å². The Morgan fingerprint density at radius 2 is 2.06 bits per heavy atom. The lowest BCUT2D eigenvalue weighted by Crippen LogP contribution is -1.97. The van der Waals surface area contributed by atoms with Crippen LogP contribution in [-0.2, 0) is 21.9 Å². The molecule has 0 aliphatic rings. The summed E-state index contributed by atoms with van der Waals surface area (Å²) in [6, 6.07) is 2.87. The van der Waals surface area contributed by atoms with Gasteiger partial charge in [0, 0.05) is 29.3 Å². The van der Waals surface area contributed by atoms with E-state index in [9.17, 15) is 12.8 Å². The first-order valence-electron chi connectivity index (χ1n) is 4.94. The maximum absolute atomic E-state index is 13.8. The van der Waals surface area contributed by atoms with Gasteiger partial charge in [-0.3, -0.25) is 0 Å². The van der Waals surface area contributed by atoms with Gasteiger partial charge in [-0.15, -0.1) is 0 Å². The highest BCUT2D eigenvalue weighted by molar-refractivity contribution is 8.13. The molecule has 1 aromatic heterocycles. The Bertz CT molecular complexity index is 691. The molecule has 1 aromatic carbocycles. The Labute approximate surface area is 103 Å². The number of halogens is 2. The molecule has 0 aliphatic carbocycles. The minimum absolute atomic E-state index is 0.360. The van der Waals surface area contributed by atoms with E-state index in [1.807, 2.05) is 6.92 Å². The predicted molar refractivity (Wildman–Crippen MR) is 66.1 cm³/mol. The van der Waals surface area contributed by atoms with Crippen LogP contribution in [0.3, 0.4) is 0 Å². The van der Waals surface area contributed by atoms with Crippen LogP contribution in [0, 0.1) is 12.7 Å². The quantitative estimate of drug-likeness (QED) is 0.791. The Morgan fingerprint density at radius 1 is 1.41 bits per heavy atom. The SMILES string of the molecule is Cc1cn(C)c2c(F)cc(CS(=O)(=O)Cl)cc12. The molecule has 2 aromatic rings. The van der Waals surface area contributed by atoms with Crippen molar-refractivity contribution in [3.63, 3.8) is 0 Å². The van der Waals surface area contributed by atoms with E-state index in [4.69, 9.17) is 10.7 Å². The van der Waals surface area contributed by atoms with Gasteiger partial charge in [-0.1, -0.05) is 0 Å². The van der Waals surface area contributed by atoms with Crippen molar-refractivity contribution in [1.29, 1.82) is 0 Å². The van der Waals surface area contributed by atoms with Crippen LogP contribution in [0.2, 0.25) is 0 Å². The lowest BCUT2D eigenvalue weighted by atomic mass is 10.1. The Hall–Kier alpha value is -1.07. The molecular formula is C11H11ClFNO2S. The Balaban J connectivity index is 2.67. The maximum Gasteiger partial charge on any atom is 0.236 e. The van der Waals surface area contributed by atoms with Gasteiger partial charge in [0.2, 0.25) is 9.05 Å². The van der Waals surface area contributed by atoms with Crippen LogP contribution >= 0.6 is 10.7 Å². The summed E-state index contributed by atoms with van der Waals surface area (Å²) in [6.45, 7) is 1.85. The van der Waals surface area contributed by atoms with Crippen molar-refractivity contribution in [1.82, 2.24) is 4.57 Å². The third-order valence-corrected chi connectivity index (χ3v) is 3.63. The van der Waals surface area contributed by atoms with Crippen molar-refractivity contribution >= 4 is 30.6 Å². The van der Waals surface area contributed by atoms with E-state index in [0.717, 1.165) is 5.56 Å². The van der Waals surface area contributed by atoms with Crippen molar-refractivity contribution in [2.24, 2.45) is 7.05 Å². The second-order valence-corrected chi connectivity index (χ2v) is 6.86. The number of benzene rings is 1. The van der Waals surface area contributed by atoms with Crippen molar-refractivity contribution in [2.75, 3.05) is 0 Å². The lowest BCUT2D eigenvalue weighted by molar-refractivity contribution is 0.608. The summed E-state index contributed by atoms with van der Waals surface area (Å²) in [5.74, 6) is -0.802. The molecular weight excluding hydrogens is 265 g/mol. The topological polar surface area (TPSA) is 39.1 Å². The van der Waals surface area contributed by atoms with Gasteiger partial charge in [0.15, 0.2) is 0 Å². The summed E-state index contributed by atoms with van der Waals surface area (Å²) >= 11 is 0. The molecule has 0 atom stereocenters. The molecule has 0 saturated carbocycles. The summed E-state index contributed by atoms with van der Waals surface area (Å²) in [5.41, 5.74) is 1.73. The average Bonchev–Trinajstić information content (AvgIpc) is 2.39. The van der Waals surface area contributed by atoms with E-state index in [-0.39, 0.29) is 5.75 Å². The smallest absolute Gasteiger partial charge is 0.236 e. The van der Waals surface area contributed by atoms with Gasteiger partial charge in [0.1, 0.15) is 5.82 Å². The fraction of sp³-hybridized carbons (Fsp3) is 0.273. The van der Waals surface area contributed by atoms with Gasteiger partial charge in [-0.25, -0.2) is 12.8 Å². The molecule has 3 nitrogen and oxygen atoms in total. The molecule has 0 spiro atoms. The normalized spacial score (nSPS) is 12.2. The van der Waals surface area contributed by atoms with E-state index < -0.39 is 14.9 Å². The summed E-state index contributed by atoms with van der Waals surface area (Å²) in [7, 11) is 3.24. The number of aryl methyl sites for hydroxylation is 2. The first-order valence-corrected chi connectivity index (χ1v) is 7.42. The lowest BCUT2D eigenvalue weighted by Gasteiger charge is -2.03. The van der Waals surface area contributed by atoms with Crippen LogP contribution in [0.5, 0.6) is 0 Å². The molecule has 0 fully saturated rings. The average molecular weight is 276 g/mol. The number of aromatic nitrogens is 1. The van der Waals surface area contributed by atoms with E-state index in [0.29, 0.717) is 16.5 Å². The standard InChI is InChI=1S/C11H11ClFNO2S/c1-7-5-14(2)11-9(7)3-8(4-10(11)13)6-17(12,15)16/h3-5H,6H2,1-2H3. The Kier molecular flexibility index (Phi) is 2.91. The van der Waals surface area contributed by atoms with Gasteiger partial charge in [0.05, 0.1) is 11.3 Å². The van der Waals surface area contributed by atoms with Gasteiger partial charge in [-0.05, 0) is 30.2 Å². The molecule has 6 heteroatoms. The van der Waals surface area contributed by atoms with Crippen LogP contribution in [-0.4, -0.2) is 13.0 Å². The minimum atomic E-state index is -3.67. The van der Waals surface area contributed by atoms with Gasteiger partial charge < -0.3 is 4.57 Å². The van der Waals surface area contributed by atoms with E-state index in [1.165, 1.54) is 6.07 Å². The zero-order valence-electron chi connectivity index (χ0n) is 9.37. The van der Waals surface area contributed by atoms with Gasteiger partial charge in [0.25, 0.3) is 0 Å². The second kappa shape index (κ2) is 3.99. The molecule has 0 saturated heterocycles. The fourth-order valence-corrected chi connectivity index (χ4v) is 2.96. The van der Waals surface area contributed by atoms with Gasteiger partial charge >= 0.3 is 0 Å². The molecule has 2 rings (SSSR count). The van der Waals surface area contributed by atoms with Crippen molar-refractivity contribution < 1.29 is 12.8 Å². The summed E-state index contributed by atoms with van der Waals surface area (Å²) in [6.07, 6.45) is 1.80. The minimum Gasteiger partial charge on any atom is -0.348 e. The van der Waals surface area contributed by atoms with Crippen LogP contribution in [0.25, 0.3) is 10.9 Å². The number of rotatable bonds is 2. The number of hydrogen-bond acceptors (Lipinski definition) is 2. The van der Waals surface area contributed by atoms with Crippen LogP contribution in [0.1, 0.15) is 11.1 Å². The number of fused-ring (bicyclic) bond motifs is 1. The molecule has 0 N–H and O–H groups in total. The van der Waals surface area contributed by atoms with Crippen LogP contribution < -0.4 is 0 Å². The van der Waals surface area contributed by atoms with Crippen molar-refractivity contribution in [3.8, 4) is 0 Å². The molecule has 17 heavy (non-hydrogen) atoms. The highest BCUT2D eigenvalue weighted by atomic mass is 35.7. The molecule has 0 radical (unpaired) electrons. The molecule has 1 heterocycles. The third-order valence-electron chi connectivity index (χ3n) is 2.63. The summed E-state index contributed by atoms with van der Waals surface area (Å²) in [4.78, 5) is 0. The molecule has 0 amide bonds. The second-order valence-electron chi connectivity index (χ2n) is 4.08. The van der Waals surface area contributed by atoms with Crippen molar-refractivity contribution in [3.05, 3.63) is 35.3 Å².